The monoisotopic (exact) mass is 233 g/mol. The van der Waals surface area contributed by atoms with Gasteiger partial charge in [0.05, 0.1) is 0 Å². The summed E-state index contributed by atoms with van der Waals surface area (Å²) in [4.78, 5) is 3.18. The normalized spacial score (nSPS) is 10.3. The van der Waals surface area contributed by atoms with Crippen LogP contribution in [0.25, 0.3) is 10.9 Å². The van der Waals surface area contributed by atoms with Crippen LogP contribution in [0.1, 0.15) is 5.56 Å². The van der Waals surface area contributed by atoms with E-state index < -0.39 is 0 Å². The van der Waals surface area contributed by atoms with Crippen molar-refractivity contribution in [1.82, 2.24) is 15.6 Å². The fourth-order valence-electron chi connectivity index (χ4n) is 1.67. The van der Waals surface area contributed by atoms with Gasteiger partial charge in [-0.1, -0.05) is 6.07 Å². The maximum atomic E-state index is 5.01. The molecule has 3 nitrogen and oxygen atoms in total. The van der Waals surface area contributed by atoms with Crippen molar-refractivity contribution in [1.29, 1.82) is 0 Å². The number of hydrogen-bond acceptors (Lipinski definition) is 1. The van der Waals surface area contributed by atoms with Gasteiger partial charge in [0.1, 0.15) is 0 Å². The lowest BCUT2D eigenvalue weighted by molar-refractivity contribution is 0.852. The number of aromatic nitrogens is 1. The zero-order valence-electron chi connectivity index (χ0n) is 9.21. The molecule has 4 heteroatoms. The molecule has 2 rings (SSSR count). The Balaban J connectivity index is 1.96. The van der Waals surface area contributed by atoms with Crippen LogP contribution in [-0.4, -0.2) is 23.7 Å². The molecule has 1 aromatic carbocycles. The molecule has 0 unspecified atom stereocenters. The summed E-state index contributed by atoms with van der Waals surface area (Å²) in [6.07, 6.45) is 2.94. The van der Waals surface area contributed by atoms with Crippen molar-refractivity contribution in [2.45, 2.75) is 6.42 Å². The first kappa shape index (κ1) is 11.0. The van der Waals surface area contributed by atoms with E-state index in [1.54, 1.807) is 0 Å². The molecule has 84 valence electrons. The Morgan fingerprint density at radius 1 is 1.38 bits per heavy atom. The van der Waals surface area contributed by atoms with E-state index in [0.717, 1.165) is 13.0 Å². The summed E-state index contributed by atoms with van der Waals surface area (Å²) in [5, 5.41) is 7.98. The largest absolute Gasteiger partial charge is 0.366 e. The van der Waals surface area contributed by atoms with Crippen LogP contribution in [-0.2, 0) is 6.42 Å². The van der Waals surface area contributed by atoms with Gasteiger partial charge in [0, 0.05) is 25.3 Å². The van der Waals surface area contributed by atoms with Crippen LogP contribution in [0.15, 0.2) is 30.5 Å². The molecule has 16 heavy (non-hydrogen) atoms. The van der Waals surface area contributed by atoms with Crippen molar-refractivity contribution in [3.63, 3.8) is 0 Å². The molecule has 2 aromatic rings. The molecule has 0 saturated carbocycles. The fourth-order valence-corrected chi connectivity index (χ4v) is 1.77. The third-order valence-electron chi connectivity index (χ3n) is 2.54. The van der Waals surface area contributed by atoms with Crippen LogP contribution in [0.2, 0.25) is 0 Å². The van der Waals surface area contributed by atoms with Gasteiger partial charge in [-0.25, -0.2) is 0 Å². The standard InChI is InChI=1S/C12H15N3S/c1-13-12(16)15-6-4-9-2-3-11-10(8-9)5-7-14-11/h2-3,5,7-8,14H,4,6H2,1H3,(H2,13,15,16). The van der Waals surface area contributed by atoms with Crippen LogP contribution in [0.3, 0.4) is 0 Å². The number of aromatic amines is 1. The highest BCUT2D eigenvalue weighted by molar-refractivity contribution is 7.80. The van der Waals surface area contributed by atoms with E-state index in [2.05, 4.69) is 39.9 Å². The minimum atomic E-state index is 0.697. The summed E-state index contributed by atoms with van der Waals surface area (Å²) in [5.74, 6) is 0. The number of benzene rings is 1. The second kappa shape index (κ2) is 4.99. The Morgan fingerprint density at radius 3 is 3.06 bits per heavy atom. The van der Waals surface area contributed by atoms with Gasteiger partial charge in [0.25, 0.3) is 0 Å². The predicted molar refractivity (Wildman–Crippen MR) is 71.7 cm³/mol. The van der Waals surface area contributed by atoms with Crippen LogP contribution in [0.4, 0.5) is 0 Å². The van der Waals surface area contributed by atoms with Crippen molar-refractivity contribution >= 4 is 28.2 Å². The molecule has 1 heterocycles. The quantitative estimate of drug-likeness (QED) is 0.708. The van der Waals surface area contributed by atoms with E-state index in [0.29, 0.717) is 5.11 Å². The van der Waals surface area contributed by atoms with Gasteiger partial charge >= 0.3 is 0 Å². The third kappa shape index (κ3) is 2.52. The summed E-state index contributed by atoms with van der Waals surface area (Å²) in [7, 11) is 1.82. The third-order valence-corrected chi connectivity index (χ3v) is 2.89. The second-order valence-electron chi connectivity index (χ2n) is 3.66. The maximum absolute atomic E-state index is 5.01. The fraction of sp³-hybridized carbons (Fsp3) is 0.250. The molecule has 1 aromatic heterocycles. The molecule has 0 fully saturated rings. The highest BCUT2D eigenvalue weighted by Gasteiger charge is 1.97. The van der Waals surface area contributed by atoms with Gasteiger partial charge < -0.3 is 15.6 Å². The van der Waals surface area contributed by atoms with E-state index in [4.69, 9.17) is 12.2 Å². The van der Waals surface area contributed by atoms with E-state index in [-0.39, 0.29) is 0 Å². The van der Waals surface area contributed by atoms with Crippen molar-refractivity contribution in [3.05, 3.63) is 36.0 Å². The van der Waals surface area contributed by atoms with Crippen molar-refractivity contribution in [2.75, 3.05) is 13.6 Å². The first-order chi connectivity index (χ1) is 7.79. The zero-order chi connectivity index (χ0) is 11.4. The molecule has 0 spiro atoms. The van der Waals surface area contributed by atoms with E-state index in [9.17, 15) is 0 Å². The van der Waals surface area contributed by atoms with Gasteiger partial charge in [-0.2, -0.15) is 0 Å². The van der Waals surface area contributed by atoms with Gasteiger partial charge in [0.15, 0.2) is 5.11 Å². The molecular weight excluding hydrogens is 218 g/mol. The Labute approximate surface area is 100 Å². The number of rotatable bonds is 3. The van der Waals surface area contributed by atoms with Crippen molar-refractivity contribution in [3.8, 4) is 0 Å². The van der Waals surface area contributed by atoms with E-state index in [1.165, 1.54) is 16.5 Å². The SMILES string of the molecule is CNC(=S)NCCc1ccc2[nH]ccc2c1. The smallest absolute Gasteiger partial charge is 0.166 e. The van der Waals surface area contributed by atoms with Crippen LogP contribution < -0.4 is 10.6 Å². The second-order valence-corrected chi connectivity index (χ2v) is 4.06. The number of nitrogens with one attached hydrogen (secondary N) is 3. The minimum absolute atomic E-state index is 0.697. The molecule has 3 N–H and O–H groups in total. The van der Waals surface area contributed by atoms with Crippen molar-refractivity contribution < 1.29 is 0 Å². The number of H-pyrrole nitrogens is 1. The molecule has 0 aliphatic rings. The summed E-state index contributed by atoms with van der Waals surface area (Å²) < 4.78 is 0. The Morgan fingerprint density at radius 2 is 2.25 bits per heavy atom. The lowest BCUT2D eigenvalue weighted by Crippen LogP contribution is -2.33. The Bertz CT molecular complexity index is 490. The van der Waals surface area contributed by atoms with E-state index in [1.807, 2.05) is 13.2 Å². The summed E-state index contributed by atoms with van der Waals surface area (Å²) in [6, 6.07) is 8.55. The highest BCUT2D eigenvalue weighted by atomic mass is 32.1. The molecule has 0 aliphatic carbocycles. The Hall–Kier alpha value is -1.55. The first-order valence-corrected chi connectivity index (χ1v) is 5.72. The predicted octanol–water partition coefficient (Wildman–Crippen LogP) is 1.80. The number of thiocarbonyl (C=S) groups is 1. The average molecular weight is 233 g/mol. The molecule has 0 amide bonds. The topological polar surface area (TPSA) is 39.8 Å². The van der Waals surface area contributed by atoms with Crippen LogP contribution in [0.5, 0.6) is 0 Å². The summed E-state index contributed by atoms with van der Waals surface area (Å²) in [5.41, 5.74) is 2.50. The summed E-state index contributed by atoms with van der Waals surface area (Å²) >= 11 is 5.01. The maximum Gasteiger partial charge on any atom is 0.166 e. The summed E-state index contributed by atoms with van der Waals surface area (Å²) in [6.45, 7) is 0.857. The number of fused-ring (bicyclic) bond motifs is 1. The highest BCUT2D eigenvalue weighted by Crippen LogP contribution is 2.14. The van der Waals surface area contributed by atoms with Gasteiger partial charge in [0.2, 0.25) is 0 Å². The molecule has 0 saturated heterocycles. The van der Waals surface area contributed by atoms with E-state index >= 15 is 0 Å². The minimum Gasteiger partial charge on any atom is -0.366 e. The molecule has 0 radical (unpaired) electrons. The zero-order valence-corrected chi connectivity index (χ0v) is 10.0. The average Bonchev–Trinajstić information content (AvgIpc) is 2.76. The first-order valence-electron chi connectivity index (χ1n) is 5.31. The lowest BCUT2D eigenvalue weighted by atomic mass is 10.1. The molecule has 0 aliphatic heterocycles. The molecule has 0 bridgehead atoms. The molecule has 0 atom stereocenters. The lowest BCUT2D eigenvalue weighted by Gasteiger charge is -2.06. The number of hydrogen-bond donors (Lipinski definition) is 3. The van der Waals surface area contributed by atoms with Crippen LogP contribution >= 0.6 is 12.2 Å². The van der Waals surface area contributed by atoms with Crippen LogP contribution in [0, 0.1) is 0 Å². The van der Waals surface area contributed by atoms with Gasteiger partial charge in [-0.05, 0) is 47.8 Å². The van der Waals surface area contributed by atoms with Gasteiger partial charge in [-0.15, -0.1) is 0 Å². The van der Waals surface area contributed by atoms with Gasteiger partial charge in [-0.3, -0.25) is 0 Å². The van der Waals surface area contributed by atoms with Crippen molar-refractivity contribution in [2.24, 2.45) is 0 Å². The molecular formula is C12H15N3S. The Kier molecular flexibility index (Phi) is 3.41.